The molecular formula is C3H4O3P+. The highest BCUT2D eigenvalue weighted by molar-refractivity contribution is 7.32. The lowest BCUT2D eigenvalue weighted by atomic mass is 11.0. The zero-order valence-electron chi connectivity index (χ0n) is 3.50. The third-order valence-corrected chi connectivity index (χ3v) is 0.512. The lowest BCUT2D eigenvalue weighted by Crippen LogP contribution is -1.57. The van der Waals surface area contributed by atoms with E-state index in [-0.39, 0.29) is 0 Å². The number of hydrogen-bond acceptors (Lipinski definition) is 2. The Morgan fingerprint density at radius 2 is 2.57 bits per heavy atom. The van der Waals surface area contributed by atoms with Crippen LogP contribution in [-0.2, 0) is 9.09 Å². The van der Waals surface area contributed by atoms with Gasteiger partial charge in [-0.2, -0.15) is 0 Å². The molecular weight excluding hydrogens is 115 g/mol. The monoisotopic (exact) mass is 119 g/mol. The lowest BCUT2D eigenvalue weighted by Gasteiger charge is -1.63. The summed E-state index contributed by atoms with van der Waals surface area (Å²) in [6.45, 7) is 3.09. The van der Waals surface area contributed by atoms with E-state index in [1.54, 1.807) is 0 Å². The highest BCUT2D eigenvalue weighted by Gasteiger charge is 2.06. The van der Waals surface area contributed by atoms with Crippen molar-refractivity contribution in [3.05, 3.63) is 18.6 Å². The van der Waals surface area contributed by atoms with Gasteiger partial charge in [0.05, 0.1) is 0 Å². The number of rotatable bonds is 2. The van der Waals surface area contributed by atoms with Crippen molar-refractivity contribution in [2.24, 2.45) is 0 Å². The Labute approximate surface area is 41.9 Å². The van der Waals surface area contributed by atoms with Crippen molar-refractivity contribution < 1.29 is 14.0 Å². The Kier molecular flexibility index (Phi) is 3.25. The molecule has 0 rings (SSSR count). The van der Waals surface area contributed by atoms with Crippen LogP contribution in [0.15, 0.2) is 18.6 Å². The Hall–Kier alpha value is -0.620. The summed E-state index contributed by atoms with van der Waals surface area (Å²) >= 11 is 0. The molecule has 3 nitrogen and oxygen atoms in total. The van der Waals surface area contributed by atoms with Crippen molar-refractivity contribution in [2.75, 3.05) is 0 Å². The lowest BCUT2D eigenvalue weighted by molar-refractivity contribution is 0.378. The summed E-state index contributed by atoms with van der Waals surface area (Å²) in [5, 5.41) is 0. The minimum Gasteiger partial charge on any atom is -0.229 e. The van der Waals surface area contributed by atoms with Gasteiger partial charge in [0, 0.05) is 4.57 Å². The topological polar surface area (TPSA) is 46.5 Å². The van der Waals surface area contributed by atoms with E-state index in [9.17, 15) is 4.57 Å². The molecule has 0 spiro atoms. The van der Waals surface area contributed by atoms with Gasteiger partial charge in [-0.1, -0.05) is 12.3 Å². The van der Waals surface area contributed by atoms with Crippen LogP contribution in [0.4, 0.5) is 0 Å². The van der Waals surface area contributed by atoms with Gasteiger partial charge in [-0.25, -0.2) is 4.52 Å². The SMILES string of the molecule is C=C=CO[P+](=O)O. The van der Waals surface area contributed by atoms with E-state index in [2.05, 4.69) is 16.8 Å². The van der Waals surface area contributed by atoms with Crippen LogP contribution in [0.3, 0.4) is 0 Å². The molecule has 0 fully saturated rings. The zero-order chi connectivity index (χ0) is 5.70. The first-order valence-electron chi connectivity index (χ1n) is 1.44. The van der Waals surface area contributed by atoms with Crippen molar-refractivity contribution in [3.63, 3.8) is 0 Å². The van der Waals surface area contributed by atoms with Crippen LogP contribution >= 0.6 is 8.25 Å². The average molecular weight is 119 g/mol. The first-order chi connectivity index (χ1) is 3.27. The van der Waals surface area contributed by atoms with Gasteiger partial charge in [0.2, 0.25) is 0 Å². The van der Waals surface area contributed by atoms with E-state index in [4.69, 9.17) is 4.89 Å². The molecule has 0 aromatic heterocycles. The summed E-state index contributed by atoms with van der Waals surface area (Å²) in [5.41, 5.74) is 2.16. The summed E-state index contributed by atoms with van der Waals surface area (Å²) in [5.74, 6) is 0. The molecule has 1 unspecified atom stereocenters. The summed E-state index contributed by atoms with van der Waals surface area (Å²) in [7, 11) is -2.51. The van der Waals surface area contributed by atoms with Crippen molar-refractivity contribution in [1.82, 2.24) is 0 Å². The summed E-state index contributed by atoms with van der Waals surface area (Å²) in [6.07, 6.45) is 0.929. The molecule has 4 heteroatoms. The van der Waals surface area contributed by atoms with Crippen molar-refractivity contribution >= 4 is 8.25 Å². The molecule has 0 bridgehead atoms. The second-order valence-electron chi connectivity index (χ2n) is 0.665. The van der Waals surface area contributed by atoms with Crippen molar-refractivity contribution in [3.8, 4) is 0 Å². The summed E-state index contributed by atoms with van der Waals surface area (Å²) in [6, 6.07) is 0. The van der Waals surface area contributed by atoms with Crippen LogP contribution < -0.4 is 0 Å². The summed E-state index contributed by atoms with van der Waals surface area (Å²) < 4.78 is 13.5. The molecule has 0 aliphatic rings. The minimum atomic E-state index is -2.51. The normalized spacial score (nSPS) is 9.00. The molecule has 0 amide bonds. The standard InChI is InChI=1S/C3H3O3P/c1-2-3-6-7(4)5/h3H,1H2/p+1. The van der Waals surface area contributed by atoms with E-state index < -0.39 is 8.25 Å². The predicted molar refractivity (Wildman–Crippen MR) is 24.6 cm³/mol. The highest BCUT2D eigenvalue weighted by Crippen LogP contribution is 2.13. The van der Waals surface area contributed by atoms with Crippen LogP contribution in [0, 0.1) is 0 Å². The largest absolute Gasteiger partial charge is 0.747 e. The molecule has 1 atom stereocenters. The molecule has 0 saturated heterocycles. The first-order valence-corrected chi connectivity index (χ1v) is 2.57. The van der Waals surface area contributed by atoms with Crippen molar-refractivity contribution in [1.29, 1.82) is 0 Å². The molecule has 38 valence electrons. The molecule has 1 N–H and O–H groups in total. The van der Waals surface area contributed by atoms with E-state index >= 15 is 0 Å². The molecule has 0 aliphatic carbocycles. The minimum absolute atomic E-state index is 0.929. The third-order valence-electron chi connectivity index (χ3n) is 0.226. The quantitative estimate of drug-likeness (QED) is 0.334. The maximum absolute atomic E-state index is 9.59. The fraction of sp³-hybridized carbons (Fsp3) is 0. The van der Waals surface area contributed by atoms with Crippen molar-refractivity contribution in [2.45, 2.75) is 0 Å². The van der Waals surface area contributed by atoms with E-state index in [0.717, 1.165) is 6.26 Å². The Bertz CT molecular complexity index is 113. The molecule has 0 aromatic rings. The molecule has 0 aromatic carbocycles. The van der Waals surface area contributed by atoms with Crippen LogP contribution in [0.5, 0.6) is 0 Å². The Morgan fingerprint density at radius 1 is 2.00 bits per heavy atom. The van der Waals surface area contributed by atoms with Crippen LogP contribution in [0.2, 0.25) is 0 Å². The molecule has 0 saturated carbocycles. The fourth-order valence-electron chi connectivity index (χ4n) is 0.0824. The van der Waals surface area contributed by atoms with Gasteiger partial charge >= 0.3 is 8.25 Å². The predicted octanol–water partition coefficient (Wildman–Crippen LogP) is 0.951. The van der Waals surface area contributed by atoms with Gasteiger partial charge in [0.15, 0.2) is 6.26 Å². The molecule has 7 heavy (non-hydrogen) atoms. The zero-order valence-corrected chi connectivity index (χ0v) is 4.39. The van der Waals surface area contributed by atoms with Gasteiger partial charge in [0.25, 0.3) is 0 Å². The second-order valence-corrected chi connectivity index (χ2v) is 1.35. The van der Waals surface area contributed by atoms with Gasteiger partial charge in [-0.15, -0.1) is 4.89 Å². The molecule has 0 aliphatic heterocycles. The van der Waals surface area contributed by atoms with E-state index in [1.165, 1.54) is 0 Å². The van der Waals surface area contributed by atoms with Crippen LogP contribution in [0.25, 0.3) is 0 Å². The second kappa shape index (κ2) is 3.57. The fourth-order valence-corrected chi connectivity index (χ4v) is 0.247. The Balaban J connectivity index is 3.32. The van der Waals surface area contributed by atoms with Crippen LogP contribution in [-0.4, -0.2) is 4.89 Å². The van der Waals surface area contributed by atoms with Gasteiger partial charge in [-0.3, -0.25) is 0 Å². The average Bonchev–Trinajstić information content (AvgIpc) is 1.61. The molecule has 0 heterocycles. The first kappa shape index (κ1) is 6.38. The Morgan fingerprint density at radius 3 is 2.71 bits per heavy atom. The van der Waals surface area contributed by atoms with E-state index in [1.807, 2.05) is 0 Å². The maximum Gasteiger partial charge on any atom is 0.747 e. The summed E-state index contributed by atoms with van der Waals surface area (Å²) in [4.78, 5) is 7.87. The third kappa shape index (κ3) is 5.38. The highest BCUT2D eigenvalue weighted by atomic mass is 31.1. The van der Waals surface area contributed by atoms with Gasteiger partial charge < -0.3 is 0 Å². The van der Waals surface area contributed by atoms with Gasteiger partial charge in [-0.05, 0) is 0 Å². The van der Waals surface area contributed by atoms with E-state index in [0.29, 0.717) is 0 Å². The maximum atomic E-state index is 9.59. The van der Waals surface area contributed by atoms with Crippen LogP contribution in [0.1, 0.15) is 0 Å². The smallest absolute Gasteiger partial charge is 0.229 e. The molecule has 0 radical (unpaired) electrons. The number of hydrogen-bond donors (Lipinski definition) is 1. The van der Waals surface area contributed by atoms with Gasteiger partial charge in [0.1, 0.15) is 0 Å².